The lowest BCUT2D eigenvalue weighted by Crippen LogP contribution is -2.32. The molecule has 1 aromatic rings. The molecule has 1 aromatic carbocycles. The minimum atomic E-state index is -3.61. The predicted octanol–water partition coefficient (Wildman–Crippen LogP) is 1.63. The van der Waals surface area contributed by atoms with Crippen LogP contribution in [-0.2, 0) is 16.6 Å². The van der Waals surface area contributed by atoms with E-state index in [4.69, 9.17) is 15.2 Å². The van der Waals surface area contributed by atoms with Crippen LogP contribution < -0.4 is 19.9 Å². The van der Waals surface area contributed by atoms with E-state index in [2.05, 4.69) is 4.72 Å². The Morgan fingerprint density at radius 2 is 1.95 bits per heavy atom. The third-order valence-electron chi connectivity index (χ3n) is 3.14. The number of rotatable bonds is 8. The summed E-state index contributed by atoms with van der Waals surface area (Å²) >= 11 is 0. The van der Waals surface area contributed by atoms with Crippen molar-refractivity contribution in [3.63, 3.8) is 0 Å². The molecule has 0 bridgehead atoms. The number of sulfonamides is 1. The molecule has 0 heterocycles. The van der Waals surface area contributed by atoms with E-state index < -0.39 is 10.0 Å². The summed E-state index contributed by atoms with van der Waals surface area (Å²) in [6.45, 7) is 4.01. The van der Waals surface area contributed by atoms with Gasteiger partial charge in [-0.25, -0.2) is 13.1 Å². The highest BCUT2D eigenvalue weighted by Gasteiger charge is 2.21. The zero-order valence-electron chi connectivity index (χ0n) is 13.0. The van der Waals surface area contributed by atoms with E-state index in [0.29, 0.717) is 17.1 Å². The molecule has 21 heavy (non-hydrogen) atoms. The summed E-state index contributed by atoms with van der Waals surface area (Å²) < 4.78 is 37.9. The summed E-state index contributed by atoms with van der Waals surface area (Å²) in [7, 11) is -0.660. The van der Waals surface area contributed by atoms with Crippen molar-refractivity contribution in [2.75, 3.05) is 14.2 Å². The van der Waals surface area contributed by atoms with Crippen molar-refractivity contribution in [1.82, 2.24) is 4.72 Å². The molecule has 0 spiro atoms. The lowest BCUT2D eigenvalue weighted by atomic mass is 10.2. The van der Waals surface area contributed by atoms with Gasteiger partial charge in [0.1, 0.15) is 0 Å². The molecule has 1 rings (SSSR count). The Morgan fingerprint density at radius 1 is 1.29 bits per heavy atom. The Labute approximate surface area is 126 Å². The Bertz CT molecular complexity index is 547. The SMILES string of the molecule is CCCC(C)NS(=O)(=O)c1cc(CN)c(OC)c(OC)c1. The van der Waals surface area contributed by atoms with Gasteiger partial charge >= 0.3 is 0 Å². The fraction of sp³-hybridized carbons (Fsp3) is 0.571. The van der Waals surface area contributed by atoms with Gasteiger partial charge in [0.05, 0.1) is 19.1 Å². The van der Waals surface area contributed by atoms with Gasteiger partial charge in [-0.2, -0.15) is 0 Å². The van der Waals surface area contributed by atoms with Crippen LogP contribution in [0.4, 0.5) is 0 Å². The van der Waals surface area contributed by atoms with E-state index in [1.165, 1.54) is 26.4 Å². The molecule has 7 heteroatoms. The molecule has 0 radical (unpaired) electrons. The van der Waals surface area contributed by atoms with Gasteiger partial charge in [-0.1, -0.05) is 13.3 Å². The van der Waals surface area contributed by atoms with Gasteiger partial charge < -0.3 is 15.2 Å². The molecule has 0 aromatic heterocycles. The van der Waals surface area contributed by atoms with Crippen molar-refractivity contribution >= 4 is 10.0 Å². The second-order valence-corrected chi connectivity index (χ2v) is 6.55. The average Bonchev–Trinajstić information content (AvgIpc) is 2.45. The molecular formula is C14H24N2O4S. The second kappa shape index (κ2) is 7.63. The number of ether oxygens (including phenoxy) is 2. The van der Waals surface area contributed by atoms with Gasteiger partial charge in [0.25, 0.3) is 0 Å². The van der Waals surface area contributed by atoms with Crippen LogP contribution in [0.25, 0.3) is 0 Å². The van der Waals surface area contributed by atoms with Crippen molar-refractivity contribution in [2.24, 2.45) is 5.73 Å². The number of hydrogen-bond donors (Lipinski definition) is 2. The van der Waals surface area contributed by atoms with Gasteiger partial charge in [-0.15, -0.1) is 0 Å². The normalized spacial score (nSPS) is 13.0. The molecule has 3 N–H and O–H groups in total. The first-order chi connectivity index (χ1) is 9.89. The summed E-state index contributed by atoms with van der Waals surface area (Å²) in [6.07, 6.45) is 1.68. The minimum absolute atomic E-state index is 0.128. The minimum Gasteiger partial charge on any atom is -0.493 e. The van der Waals surface area contributed by atoms with Crippen molar-refractivity contribution in [3.8, 4) is 11.5 Å². The lowest BCUT2D eigenvalue weighted by molar-refractivity contribution is 0.350. The van der Waals surface area contributed by atoms with E-state index in [9.17, 15) is 8.42 Å². The topological polar surface area (TPSA) is 90.7 Å². The highest BCUT2D eigenvalue weighted by molar-refractivity contribution is 7.89. The second-order valence-electron chi connectivity index (χ2n) is 4.83. The molecule has 1 unspecified atom stereocenters. The maximum atomic E-state index is 12.4. The number of methoxy groups -OCH3 is 2. The number of benzene rings is 1. The Hall–Kier alpha value is -1.31. The first kappa shape index (κ1) is 17.7. The molecule has 0 fully saturated rings. The summed E-state index contributed by atoms with van der Waals surface area (Å²) in [6, 6.07) is 2.83. The smallest absolute Gasteiger partial charge is 0.240 e. The van der Waals surface area contributed by atoms with Gasteiger partial charge in [-0.05, 0) is 19.4 Å². The standard InChI is InChI=1S/C14H24N2O4S/c1-5-6-10(2)16-21(17,18)12-7-11(9-15)14(20-4)13(8-12)19-3/h7-8,10,16H,5-6,9,15H2,1-4H3. The van der Waals surface area contributed by atoms with E-state index in [-0.39, 0.29) is 17.5 Å². The van der Waals surface area contributed by atoms with Crippen molar-refractivity contribution in [3.05, 3.63) is 17.7 Å². The monoisotopic (exact) mass is 316 g/mol. The first-order valence-electron chi connectivity index (χ1n) is 6.86. The van der Waals surface area contributed by atoms with E-state index in [1.807, 2.05) is 13.8 Å². The summed E-state index contributed by atoms with van der Waals surface area (Å²) in [5.41, 5.74) is 6.24. The van der Waals surface area contributed by atoms with E-state index in [1.54, 1.807) is 0 Å². The van der Waals surface area contributed by atoms with Crippen LogP contribution in [0, 0.1) is 0 Å². The predicted molar refractivity (Wildman–Crippen MR) is 82.1 cm³/mol. The van der Waals surface area contributed by atoms with Crippen LogP contribution in [0.15, 0.2) is 17.0 Å². The van der Waals surface area contributed by atoms with Crippen molar-refractivity contribution in [2.45, 2.75) is 44.2 Å². The van der Waals surface area contributed by atoms with E-state index in [0.717, 1.165) is 12.8 Å². The van der Waals surface area contributed by atoms with Gasteiger partial charge in [0.15, 0.2) is 11.5 Å². The molecule has 1 atom stereocenters. The molecule has 0 saturated heterocycles. The Balaban J connectivity index is 3.23. The quantitative estimate of drug-likeness (QED) is 0.760. The molecule has 120 valence electrons. The van der Waals surface area contributed by atoms with Crippen LogP contribution >= 0.6 is 0 Å². The Kier molecular flexibility index (Phi) is 6.44. The number of nitrogens with one attached hydrogen (secondary N) is 1. The van der Waals surface area contributed by atoms with Gasteiger partial charge in [-0.3, -0.25) is 0 Å². The third kappa shape index (κ3) is 4.33. The molecule has 0 saturated carbocycles. The fourth-order valence-electron chi connectivity index (χ4n) is 2.15. The summed E-state index contributed by atoms with van der Waals surface area (Å²) in [5.74, 6) is 0.810. The molecule has 0 aliphatic carbocycles. The molecule has 0 aliphatic rings. The van der Waals surface area contributed by atoms with Crippen LogP contribution in [-0.4, -0.2) is 28.7 Å². The molecule has 0 aliphatic heterocycles. The average molecular weight is 316 g/mol. The van der Waals surface area contributed by atoms with Crippen LogP contribution in [0.2, 0.25) is 0 Å². The summed E-state index contributed by atoms with van der Waals surface area (Å²) in [5, 5.41) is 0. The van der Waals surface area contributed by atoms with Crippen LogP contribution in [0.3, 0.4) is 0 Å². The van der Waals surface area contributed by atoms with E-state index >= 15 is 0 Å². The fourth-order valence-corrected chi connectivity index (χ4v) is 3.49. The van der Waals surface area contributed by atoms with Gasteiger partial charge in [0, 0.05) is 24.2 Å². The largest absolute Gasteiger partial charge is 0.493 e. The zero-order chi connectivity index (χ0) is 16.0. The van der Waals surface area contributed by atoms with Crippen molar-refractivity contribution < 1.29 is 17.9 Å². The van der Waals surface area contributed by atoms with Crippen molar-refractivity contribution in [1.29, 1.82) is 0 Å². The number of nitrogens with two attached hydrogens (primary N) is 1. The summed E-state index contributed by atoms with van der Waals surface area (Å²) in [4.78, 5) is 0.128. The maximum Gasteiger partial charge on any atom is 0.240 e. The third-order valence-corrected chi connectivity index (χ3v) is 4.71. The lowest BCUT2D eigenvalue weighted by Gasteiger charge is -2.17. The zero-order valence-corrected chi connectivity index (χ0v) is 13.8. The van der Waals surface area contributed by atoms with Crippen LogP contribution in [0.5, 0.6) is 11.5 Å². The highest BCUT2D eigenvalue weighted by Crippen LogP contribution is 2.34. The number of hydrogen-bond acceptors (Lipinski definition) is 5. The van der Waals surface area contributed by atoms with Crippen LogP contribution in [0.1, 0.15) is 32.3 Å². The molecule has 0 amide bonds. The first-order valence-corrected chi connectivity index (χ1v) is 8.35. The highest BCUT2D eigenvalue weighted by atomic mass is 32.2. The molecule has 6 nitrogen and oxygen atoms in total. The Morgan fingerprint density at radius 3 is 2.43 bits per heavy atom. The van der Waals surface area contributed by atoms with Gasteiger partial charge in [0.2, 0.25) is 10.0 Å². The molecular weight excluding hydrogens is 292 g/mol. The maximum absolute atomic E-state index is 12.4.